The Morgan fingerprint density at radius 2 is 1.97 bits per heavy atom. The molecule has 0 atom stereocenters. The van der Waals surface area contributed by atoms with Crippen LogP contribution in [0.25, 0.3) is 11.3 Å². The van der Waals surface area contributed by atoms with Crippen molar-refractivity contribution in [1.82, 2.24) is 19.7 Å². The van der Waals surface area contributed by atoms with Crippen LogP contribution in [-0.2, 0) is 13.2 Å². The van der Waals surface area contributed by atoms with Gasteiger partial charge in [0.2, 0.25) is 0 Å². The molecule has 1 aliphatic heterocycles. The third-order valence-electron chi connectivity index (χ3n) is 4.87. The zero-order chi connectivity index (χ0) is 21.3. The molecular formula is C21H24N6O3. The van der Waals surface area contributed by atoms with Crippen molar-refractivity contribution in [2.24, 2.45) is 5.73 Å². The average molecular weight is 408 g/mol. The Morgan fingerprint density at radius 3 is 2.67 bits per heavy atom. The van der Waals surface area contributed by atoms with Gasteiger partial charge in [-0.2, -0.15) is 5.10 Å². The van der Waals surface area contributed by atoms with Gasteiger partial charge in [-0.15, -0.1) is 0 Å². The molecule has 30 heavy (non-hydrogen) atoms. The van der Waals surface area contributed by atoms with Crippen LogP contribution in [0.2, 0.25) is 0 Å². The highest BCUT2D eigenvalue weighted by molar-refractivity contribution is 6.10. The number of hydrogen-bond donors (Lipinski definition) is 1. The lowest BCUT2D eigenvalue weighted by Crippen LogP contribution is -2.23. The normalized spacial score (nSPS) is 12.9. The van der Waals surface area contributed by atoms with Gasteiger partial charge >= 0.3 is 0 Å². The van der Waals surface area contributed by atoms with Crippen molar-refractivity contribution < 1.29 is 14.3 Å². The molecule has 0 radical (unpaired) electrons. The number of carbonyl (C=O) groups is 1. The SMILES string of the molecule is CCOc1cc(-c2cc(C)c3c(n2)CN(c2cnn(CN)c2)C3=O)cnc1OCC. The fourth-order valence-corrected chi connectivity index (χ4v) is 3.53. The van der Waals surface area contributed by atoms with Crippen molar-refractivity contribution in [2.75, 3.05) is 18.1 Å². The Bertz CT molecular complexity index is 1090. The van der Waals surface area contributed by atoms with Crippen molar-refractivity contribution in [1.29, 1.82) is 0 Å². The van der Waals surface area contributed by atoms with Gasteiger partial charge < -0.3 is 15.2 Å². The van der Waals surface area contributed by atoms with E-state index in [1.54, 1.807) is 28.2 Å². The number of carbonyl (C=O) groups excluding carboxylic acids is 1. The first-order valence-corrected chi connectivity index (χ1v) is 9.86. The minimum atomic E-state index is -0.0852. The largest absolute Gasteiger partial charge is 0.488 e. The first-order valence-electron chi connectivity index (χ1n) is 9.86. The standard InChI is InChI=1S/C21H24N6O3/c1-4-29-18-7-14(8-23-20(18)30-5-2)16-6-13(3)19-17(25-16)11-27(21(19)28)15-9-24-26(10-15)12-22/h6-10H,4-5,11-12,22H2,1-3H3. The molecule has 0 saturated carbocycles. The van der Waals surface area contributed by atoms with Crippen molar-refractivity contribution in [3.63, 3.8) is 0 Å². The van der Waals surface area contributed by atoms with Crippen molar-refractivity contribution in [2.45, 2.75) is 34.0 Å². The van der Waals surface area contributed by atoms with Gasteiger partial charge in [-0.25, -0.2) is 4.98 Å². The fraction of sp³-hybridized carbons (Fsp3) is 0.333. The van der Waals surface area contributed by atoms with Gasteiger partial charge in [0.15, 0.2) is 5.75 Å². The molecule has 0 unspecified atom stereocenters. The summed E-state index contributed by atoms with van der Waals surface area (Å²) in [5.74, 6) is 0.945. The predicted octanol–water partition coefficient (Wildman–Crippen LogP) is 2.52. The highest BCUT2D eigenvalue weighted by atomic mass is 16.5. The summed E-state index contributed by atoms with van der Waals surface area (Å²) in [6.07, 6.45) is 5.10. The van der Waals surface area contributed by atoms with Crippen LogP contribution in [0.15, 0.2) is 30.7 Å². The number of aromatic nitrogens is 4. The van der Waals surface area contributed by atoms with Gasteiger partial charge in [-0.05, 0) is 38.5 Å². The van der Waals surface area contributed by atoms with Gasteiger partial charge in [0, 0.05) is 11.8 Å². The summed E-state index contributed by atoms with van der Waals surface area (Å²) < 4.78 is 12.8. The molecule has 0 fully saturated rings. The van der Waals surface area contributed by atoms with E-state index < -0.39 is 0 Å². The molecule has 3 aromatic rings. The zero-order valence-electron chi connectivity index (χ0n) is 17.3. The van der Waals surface area contributed by atoms with Crippen molar-refractivity contribution in [3.8, 4) is 22.9 Å². The molecule has 0 saturated heterocycles. The number of hydrogen-bond acceptors (Lipinski definition) is 7. The van der Waals surface area contributed by atoms with Crippen molar-refractivity contribution >= 4 is 11.6 Å². The number of rotatable bonds is 7. The maximum absolute atomic E-state index is 13.0. The summed E-state index contributed by atoms with van der Waals surface area (Å²) in [7, 11) is 0. The van der Waals surface area contributed by atoms with E-state index in [9.17, 15) is 4.79 Å². The van der Waals surface area contributed by atoms with E-state index in [1.165, 1.54) is 0 Å². The Hall–Kier alpha value is -3.46. The monoisotopic (exact) mass is 408 g/mol. The number of nitrogens with zero attached hydrogens (tertiary/aromatic N) is 5. The molecule has 9 heteroatoms. The Kier molecular flexibility index (Phi) is 5.37. The third kappa shape index (κ3) is 3.48. The first-order chi connectivity index (χ1) is 14.5. The lowest BCUT2D eigenvalue weighted by molar-refractivity contribution is 0.0996. The fourth-order valence-electron chi connectivity index (χ4n) is 3.53. The zero-order valence-corrected chi connectivity index (χ0v) is 17.3. The molecule has 1 amide bonds. The number of anilines is 1. The van der Waals surface area contributed by atoms with Gasteiger partial charge in [-0.1, -0.05) is 0 Å². The Labute approximate surface area is 174 Å². The minimum Gasteiger partial charge on any atom is -0.488 e. The van der Waals surface area contributed by atoms with E-state index in [0.717, 1.165) is 22.5 Å². The molecule has 4 rings (SSSR count). The summed E-state index contributed by atoms with van der Waals surface area (Å²) in [6, 6.07) is 3.77. The van der Waals surface area contributed by atoms with Crippen LogP contribution in [0.1, 0.15) is 35.5 Å². The molecule has 9 nitrogen and oxygen atoms in total. The summed E-state index contributed by atoms with van der Waals surface area (Å²) in [6.45, 7) is 7.36. The Balaban J connectivity index is 1.69. The molecule has 1 aliphatic rings. The second-order valence-corrected chi connectivity index (χ2v) is 6.85. The molecule has 3 aromatic heterocycles. The predicted molar refractivity (Wildman–Crippen MR) is 111 cm³/mol. The molecule has 4 heterocycles. The van der Waals surface area contributed by atoms with Crippen LogP contribution in [0.3, 0.4) is 0 Å². The molecular weight excluding hydrogens is 384 g/mol. The van der Waals surface area contributed by atoms with E-state index >= 15 is 0 Å². The van der Waals surface area contributed by atoms with Crippen LogP contribution >= 0.6 is 0 Å². The molecule has 0 spiro atoms. The van der Waals surface area contributed by atoms with E-state index in [2.05, 4.69) is 10.1 Å². The third-order valence-corrected chi connectivity index (χ3v) is 4.87. The van der Waals surface area contributed by atoms with Crippen LogP contribution in [0.4, 0.5) is 5.69 Å². The Morgan fingerprint density at radius 1 is 1.17 bits per heavy atom. The van der Waals surface area contributed by atoms with E-state index in [4.69, 9.17) is 20.2 Å². The first kappa shape index (κ1) is 19.8. The molecule has 0 bridgehead atoms. The summed E-state index contributed by atoms with van der Waals surface area (Å²) in [5.41, 5.74) is 10.1. The van der Waals surface area contributed by atoms with Crippen molar-refractivity contribution in [3.05, 3.63) is 47.5 Å². The number of pyridine rings is 2. The van der Waals surface area contributed by atoms with E-state index in [1.807, 2.05) is 32.9 Å². The molecule has 0 aromatic carbocycles. The quantitative estimate of drug-likeness (QED) is 0.640. The topological polar surface area (TPSA) is 108 Å². The average Bonchev–Trinajstić information content (AvgIpc) is 3.34. The van der Waals surface area contributed by atoms with Crippen LogP contribution in [-0.4, -0.2) is 38.9 Å². The molecule has 0 aliphatic carbocycles. The second-order valence-electron chi connectivity index (χ2n) is 6.85. The van der Waals surface area contributed by atoms with Crippen LogP contribution in [0, 0.1) is 6.92 Å². The van der Waals surface area contributed by atoms with Crippen LogP contribution in [0.5, 0.6) is 11.6 Å². The van der Waals surface area contributed by atoms with Gasteiger partial charge in [0.05, 0.1) is 61.5 Å². The summed E-state index contributed by atoms with van der Waals surface area (Å²) >= 11 is 0. The number of fused-ring (bicyclic) bond motifs is 1. The van der Waals surface area contributed by atoms with Gasteiger partial charge in [-0.3, -0.25) is 19.4 Å². The van der Waals surface area contributed by atoms with E-state index in [-0.39, 0.29) is 12.6 Å². The minimum absolute atomic E-state index is 0.0852. The smallest absolute Gasteiger partial charge is 0.260 e. The number of amides is 1. The highest BCUT2D eigenvalue weighted by Gasteiger charge is 2.32. The maximum atomic E-state index is 13.0. The number of ether oxygens (including phenoxy) is 2. The molecule has 2 N–H and O–H groups in total. The van der Waals surface area contributed by atoms with Crippen LogP contribution < -0.4 is 20.1 Å². The maximum Gasteiger partial charge on any atom is 0.260 e. The number of nitrogens with two attached hydrogens (primary N) is 1. The second kappa shape index (κ2) is 8.11. The summed E-state index contributed by atoms with van der Waals surface area (Å²) in [5, 5.41) is 4.16. The summed E-state index contributed by atoms with van der Waals surface area (Å²) in [4.78, 5) is 23.8. The lowest BCUT2D eigenvalue weighted by atomic mass is 10.0. The van der Waals surface area contributed by atoms with E-state index in [0.29, 0.717) is 42.6 Å². The van der Waals surface area contributed by atoms with Gasteiger partial charge in [0.1, 0.15) is 0 Å². The molecule has 156 valence electrons. The number of aryl methyl sites for hydroxylation is 1. The lowest BCUT2D eigenvalue weighted by Gasteiger charge is -2.12. The van der Waals surface area contributed by atoms with Gasteiger partial charge in [0.25, 0.3) is 11.8 Å². The highest BCUT2D eigenvalue weighted by Crippen LogP contribution is 2.34.